The van der Waals surface area contributed by atoms with Gasteiger partial charge < -0.3 is 10.1 Å². The van der Waals surface area contributed by atoms with E-state index in [0.717, 1.165) is 11.7 Å². The van der Waals surface area contributed by atoms with E-state index in [1.807, 2.05) is 0 Å². The Morgan fingerprint density at radius 3 is 2.00 bits per heavy atom. The maximum atomic E-state index is 5.67. The van der Waals surface area contributed by atoms with E-state index >= 15 is 0 Å². The lowest BCUT2D eigenvalue weighted by atomic mass is 10.0. The van der Waals surface area contributed by atoms with E-state index in [9.17, 15) is 0 Å². The number of hydrogen-bond donors (Lipinski definition) is 1. The molecular formula is C18H31NO. The van der Waals surface area contributed by atoms with Crippen molar-refractivity contribution in [2.75, 3.05) is 0 Å². The normalized spacial score (nSPS) is 14.6. The van der Waals surface area contributed by atoms with Gasteiger partial charge in [-0.2, -0.15) is 0 Å². The average Bonchev–Trinajstić information content (AvgIpc) is 2.36. The molecule has 0 fully saturated rings. The van der Waals surface area contributed by atoms with E-state index in [2.05, 4.69) is 71.1 Å². The Morgan fingerprint density at radius 2 is 1.50 bits per heavy atom. The molecule has 0 aliphatic heterocycles. The molecule has 0 radical (unpaired) electrons. The first-order valence-electron chi connectivity index (χ1n) is 7.91. The summed E-state index contributed by atoms with van der Waals surface area (Å²) in [7, 11) is 0. The predicted octanol–water partition coefficient (Wildman–Crippen LogP) is 4.95. The maximum absolute atomic E-state index is 5.67. The van der Waals surface area contributed by atoms with Crippen LogP contribution < -0.4 is 10.1 Å². The predicted molar refractivity (Wildman–Crippen MR) is 87.3 cm³/mol. The third-order valence-electron chi connectivity index (χ3n) is 3.46. The van der Waals surface area contributed by atoms with Crippen LogP contribution >= 0.6 is 0 Å². The van der Waals surface area contributed by atoms with Crippen LogP contribution in [0.15, 0.2) is 24.3 Å². The molecule has 0 aromatic heterocycles. The van der Waals surface area contributed by atoms with E-state index in [0.29, 0.717) is 12.1 Å². The summed E-state index contributed by atoms with van der Waals surface area (Å²) in [6.07, 6.45) is 2.74. The van der Waals surface area contributed by atoms with Gasteiger partial charge in [0.15, 0.2) is 0 Å². The molecule has 0 aliphatic rings. The summed E-state index contributed by atoms with van der Waals surface area (Å²) >= 11 is 0. The fourth-order valence-electron chi connectivity index (χ4n) is 2.30. The van der Waals surface area contributed by atoms with E-state index in [1.165, 1.54) is 18.4 Å². The summed E-state index contributed by atoms with van der Waals surface area (Å²) in [6, 6.07) is 9.37. The van der Waals surface area contributed by atoms with E-state index in [1.54, 1.807) is 0 Å². The first-order valence-corrected chi connectivity index (χ1v) is 7.91. The van der Waals surface area contributed by atoms with Crippen molar-refractivity contribution in [2.24, 2.45) is 5.92 Å². The standard InChI is InChI=1S/C18H31NO/c1-13(2)7-8-15(5)19-16(6)17-9-11-18(12-10-17)20-14(3)4/h9-16,19H,7-8H2,1-6H3. The van der Waals surface area contributed by atoms with Crippen molar-refractivity contribution in [1.29, 1.82) is 0 Å². The second-order valence-corrected chi connectivity index (χ2v) is 6.50. The largest absolute Gasteiger partial charge is 0.491 e. The minimum absolute atomic E-state index is 0.229. The number of hydrogen-bond acceptors (Lipinski definition) is 2. The number of rotatable bonds is 8. The van der Waals surface area contributed by atoms with Crippen LogP contribution in [0, 0.1) is 5.92 Å². The van der Waals surface area contributed by atoms with Gasteiger partial charge in [0.05, 0.1) is 6.10 Å². The molecule has 0 heterocycles. The van der Waals surface area contributed by atoms with Crippen LogP contribution in [0.2, 0.25) is 0 Å². The average molecular weight is 277 g/mol. The lowest BCUT2D eigenvalue weighted by Gasteiger charge is -2.21. The van der Waals surface area contributed by atoms with Gasteiger partial charge in [-0.3, -0.25) is 0 Å². The molecule has 0 saturated carbocycles. The van der Waals surface area contributed by atoms with Gasteiger partial charge in [0.1, 0.15) is 5.75 Å². The quantitative estimate of drug-likeness (QED) is 0.726. The molecule has 1 aromatic rings. The molecule has 0 saturated heterocycles. The number of nitrogens with one attached hydrogen (secondary N) is 1. The van der Waals surface area contributed by atoms with Crippen LogP contribution in [0.5, 0.6) is 5.75 Å². The molecular weight excluding hydrogens is 246 g/mol. The molecule has 0 amide bonds. The minimum atomic E-state index is 0.229. The lowest BCUT2D eigenvalue weighted by molar-refractivity contribution is 0.242. The van der Waals surface area contributed by atoms with E-state index < -0.39 is 0 Å². The third kappa shape index (κ3) is 6.42. The SMILES string of the molecule is CC(C)CCC(C)NC(C)c1ccc(OC(C)C)cc1. The lowest BCUT2D eigenvalue weighted by Crippen LogP contribution is -2.29. The van der Waals surface area contributed by atoms with Gasteiger partial charge >= 0.3 is 0 Å². The van der Waals surface area contributed by atoms with Crippen molar-refractivity contribution in [3.8, 4) is 5.75 Å². The Balaban J connectivity index is 2.48. The van der Waals surface area contributed by atoms with Crippen LogP contribution in [0.4, 0.5) is 0 Å². The number of benzene rings is 1. The van der Waals surface area contributed by atoms with Crippen molar-refractivity contribution in [2.45, 2.75) is 72.6 Å². The summed E-state index contributed by atoms with van der Waals surface area (Å²) in [6.45, 7) is 13.2. The molecule has 114 valence electrons. The van der Waals surface area contributed by atoms with Crippen LogP contribution in [-0.2, 0) is 0 Å². The fourth-order valence-corrected chi connectivity index (χ4v) is 2.30. The van der Waals surface area contributed by atoms with Crippen molar-refractivity contribution in [3.05, 3.63) is 29.8 Å². The van der Waals surface area contributed by atoms with Gasteiger partial charge in [-0.25, -0.2) is 0 Å². The molecule has 0 bridgehead atoms. The van der Waals surface area contributed by atoms with E-state index in [-0.39, 0.29) is 6.10 Å². The van der Waals surface area contributed by atoms with Crippen molar-refractivity contribution < 1.29 is 4.74 Å². The molecule has 20 heavy (non-hydrogen) atoms. The zero-order chi connectivity index (χ0) is 15.1. The topological polar surface area (TPSA) is 21.3 Å². The van der Waals surface area contributed by atoms with Gasteiger partial charge in [0, 0.05) is 12.1 Å². The first-order chi connectivity index (χ1) is 9.38. The molecule has 1 rings (SSSR count). The second-order valence-electron chi connectivity index (χ2n) is 6.50. The van der Waals surface area contributed by atoms with Gasteiger partial charge in [0.2, 0.25) is 0 Å². The zero-order valence-corrected chi connectivity index (χ0v) is 13.9. The highest BCUT2D eigenvalue weighted by molar-refractivity contribution is 5.29. The smallest absolute Gasteiger partial charge is 0.119 e. The molecule has 2 atom stereocenters. The van der Waals surface area contributed by atoms with Crippen molar-refractivity contribution >= 4 is 0 Å². The van der Waals surface area contributed by atoms with Crippen LogP contribution in [0.3, 0.4) is 0 Å². The second kappa shape index (κ2) is 8.31. The molecule has 2 nitrogen and oxygen atoms in total. The fraction of sp³-hybridized carbons (Fsp3) is 0.667. The Morgan fingerprint density at radius 1 is 0.900 bits per heavy atom. The molecule has 2 heteroatoms. The van der Waals surface area contributed by atoms with Crippen LogP contribution in [0.25, 0.3) is 0 Å². The Bertz CT molecular complexity index is 370. The third-order valence-corrected chi connectivity index (χ3v) is 3.46. The molecule has 1 N–H and O–H groups in total. The summed E-state index contributed by atoms with van der Waals surface area (Å²) in [4.78, 5) is 0. The van der Waals surface area contributed by atoms with Crippen LogP contribution in [0.1, 0.15) is 66.0 Å². The highest BCUT2D eigenvalue weighted by Gasteiger charge is 2.10. The van der Waals surface area contributed by atoms with Crippen LogP contribution in [-0.4, -0.2) is 12.1 Å². The van der Waals surface area contributed by atoms with Gasteiger partial charge in [-0.05, 0) is 64.2 Å². The summed E-state index contributed by atoms with van der Waals surface area (Å²) in [5.74, 6) is 1.73. The summed E-state index contributed by atoms with van der Waals surface area (Å²) < 4.78 is 5.67. The monoisotopic (exact) mass is 277 g/mol. The molecule has 0 spiro atoms. The maximum Gasteiger partial charge on any atom is 0.119 e. The van der Waals surface area contributed by atoms with Gasteiger partial charge in [-0.15, -0.1) is 0 Å². The summed E-state index contributed by atoms with van der Waals surface area (Å²) in [5.41, 5.74) is 1.32. The highest BCUT2D eigenvalue weighted by Crippen LogP contribution is 2.19. The Hall–Kier alpha value is -1.02. The van der Waals surface area contributed by atoms with Crippen molar-refractivity contribution in [3.63, 3.8) is 0 Å². The molecule has 0 aliphatic carbocycles. The zero-order valence-electron chi connectivity index (χ0n) is 13.9. The molecule has 1 aromatic carbocycles. The first kappa shape index (κ1) is 17.0. The number of ether oxygens (including phenoxy) is 1. The van der Waals surface area contributed by atoms with Gasteiger partial charge in [0.25, 0.3) is 0 Å². The van der Waals surface area contributed by atoms with E-state index in [4.69, 9.17) is 4.74 Å². The van der Waals surface area contributed by atoms with Gasteiger partial charge in [-0.1, -0.05) is 26.0 Å². The highest BCUT2D eigenvalue weighted by atomic mass is 16.5. The van der Waals surface area contributed by atoms with Crippen molar-refractivity contribution in [1.82, 2.24) is 5.32 Å². The minimum Gasteiger partial charge on any atom is -0.491 e. The Kier molecular flexibility index (Phi) is 7.08. The Labute approximate surface area is 124 Å². The summed E-state index contributed by atoms with van der Waals surface area (Å²) in [5, 5.41) is 3.67. The molecule has 2 unspecified atom stereocenters.